The van der Waals surface area contributed by atoms with Crippen molar-refractivity contribution in [3.63, 3.8) is 0 Å². The smallest absolute Gasteiger partial charge is 0.337 e. The number of carbonyl (C=O) groups excluding carboxylic acids is 1. The highest BCUT2D eigenvalue weighted by Gasteiger charge is 2.29. The molecule has 118 valence electrons. The molecule has 1 N–H and O–H groups in total. The molecular weight excluding hydrogens is 292 g/mol. The van der Waals surface area contributed by atoms with Gasteiger partial charge >= 0.3 is 5.97 Å². The number of hydrogen-bond donors (Lipinski definition) is 1. The van der Waals surface area contributed by atoms with Crippen molar-refractivity contribution in [2.45, 2.75) is 19.8 Å². The summed E-state index contributed by atoms with van der Waals surface area (Å²) >= 11 is 0. The molecule has 1 aromatic carbocycles. The maximum Gasteiger partial charge on any atom is 0.337 e. The SMILES string of the molecule is Cc1nc(C(=O)N(CC2CC2)c2ccccc2)ccc1C(=O)O. The van der Waals surface area contributed by atoms with E-state index in [0.29, 0.717) is 18.2 Å². The van der Waals surface area contributed by atoms with E-state index in [2.05, 4.69) is 4.98 Å². The molecule has 0 spiro atoms. The number of anilines is 1. The number of aromatic carboxylic acids is 1. The minimum Gasteiger partial charge on any atom is -0.478 e. The summed E-state index contributed by atoms with van der Waals surface area (Å²) in [4.78, 5) is 29.9. The third-order valence-electron chi connectivity index (χ3n) is 3.99. The Hall–Kier alpha value is -2.69. The van der Waals surface area contributed by atoms with E-state index in [4.69, 9.17) is 5.11 Å². The molecule has 5 heteroatoms. The molecule has 0 radical (unpaired) electrons. The van der Waals surface area contributed by atoms with Gasteiger partial charge in [-0.3, -0.25) is 4.79 Å². The van der Waals surface area contributed by atoms with Crippen molar-refractivity contribution in [3.8, 4) is 0 Å². The number of nitrogens with zero attached hydrogens (tertiary/aromatic N) is 2. The number of aryl methyl sites for hydroxylation is 1. The first kappa shape index (κ1) is 15.2. The normalized spacial score (nSPS) is 13.6. The van der Waals surface area contributed by atoms with Gasteiger partial charge in [-0.2, -0.15) is 0 Å². The van der Waals surface area contributed by atoms with E-state index in [1.165, 1.54) is 12.1 Å². The number of pyridine rings is 1. The van der Waals surface area contributed by atoms with Gasteiger partial charge < -0.3 is 10.0 Å². The van der Waals surface area contributed by atoms with Crippen LogP contribution < -0.4 is 4.90 Å². The van der Waals surface area contributed by atoms with Crippen LogP contribution in [0.5, 0.6) is 0 Å². The number of hydrogen-bond acceptors (Lipinski definition) is 3. The van der Waals surface area contributed by atoms with Crippen LogP contribution in [-0.2, 0) is 0 Å². The number of carboxylic acids is 1. The maximum atomic E-state index is 12.9. The molecule has 1 heterocycles. The van der Waals surface area contributed by atoms with Crippen LogP contribution in [0.25, 0.3) is 0 Å². The fourth-order valence-electron chi connectivity index (χ4n) is 2.52. The number of amides is 1. The molecule has 1 amide bonds. The summed E-state index contributed by atoms with van der Waals surface area (Å²) in [7, 11) is 0. The lowest BCUT2D eigenvalue weighted by Gasteiger charge is -2.22. The van der Waals surface area contributed by atoms with Crippen LogP contribution in [0.4, 0.5) is 5.69 Å². The first-order chi connectivity index (χ1) is 11.1. The molecule has 23 heavy (non-hydrogen) atoms. The van der Waals surface area contributed by atoms with Crippen molar-refractivity contribution >= 4 is 17.6 Å². The van der Waals surface area contributed by atoms with Crippen LogP contribution in [0.15, 0.2) is 42.5 Å². The predicted molar refractivity (Wildman–Crippen MR) is 86.8 cm³/mol. The molecule has 0 saturated heterocycles. The van der Waals surface area contributed by atoms with Crippen molar-refractivity contribution in [3.05, 3.63) is 59.4 Å². The molecule has 2 aromatic rings. The molecule has 0 bridgehead atoms. The van der Waals surface area contributed by atoms with Gasteiger partial charge in [0.2, 0.25) is 0 Å². The first-order valence-corrected chi connectivity index (χ1v) is 7.64. The summed E-state index contributed by atoms with van der Waals surface area (Å²) in [5, 5.41) is 9.07. The van der Waals surface area contributed by atoms with Gasteiger partial charge in [-0.1, -0.05) is 18.2 Å². The molecule has 1 aromatic heterocycles. The Bertz CT molecular complexity index is 739. The number of carbonyl (C=O) groups is 2. The topological polar surface area (TPSA) is 70.5 Å². The van der Waals surface area contributed by atoms with Gasteiger partial charge in [-0.15, -0.1) is 0 Å². The van der Waals surface area contributed by atoms with E-state index >= 15 is 0 Å². The van der Waals surface area contributed by atoms with Crippen LogP contribution in [0.2, 0.25) is 0 Å². The number of rotatable bonds is 5. The fourth-order valence-corrected chi connectivity index (χ4v) is 2.52. The number of benzene rings is 1. The Morgan fingerprint density at radius 1 is 1.17 bits per heavy atom. The van der Waals surface area contributed by atoms with Crippen molar-refractivity contribution < 1.29 is 14.7 Å². The largest absolute Gasteiger partial charge is 0.478 e. The second-order valence-electron chi connectivity index (χ2n) is 5.83. The summed E-state index contributed by atoms with van der Waals surface area (Å²) in [6.45, 7) is 2.28. The Morgan fingerprint density at radius 3 is 2.43 bits per heavy atom. The van der Waals surface area contributed by atoms with E-state index in [0.717, 1.165) is 18.5 Å². The Morgan fingerprint density at radius 2 is 1.87 bits per heavy atom. The molecule has 5 nitrogen and oxygen atoms in total. The van der Waals surface area contributed by atoms with Gasteiger partial charge in [-0.05, 0) is 49.9 Å². The average molecular weight is 310 g/mol. The van der Waals surface area contributed by atoms with Gasteiger partial charge in [0.1, 0.15) is 5.69 Å². The molecule has 0 aliphatic heterocycles. The number of aromatic nitrogens is 1. The monoisotopic (exact) mass is 310 g/mol. The van der Waals surface area contributed by atoms with Gasteiger partial charge in [0, 0.05) is 12.2 Å². The van der Waals surface area contributed by atoms with Crippen molar-refractivity contribution in [2.24, 2.45) is 5.92 Å². The molecule has 1 aliphatic rings. The average Bonchev–Trinajstić information content (AvgIpc) is 3.36. The van der Waals surface area contributed by atoms with E-state index in [9.17, 15) is 9.59 Å². The molecule has 1 fully saturated rings. The Kier molecular flexibility index (Phi) is 4.10. The summed E-state index contributed by atoms with van der Waals surface area (Å²) in [5.41, 5.74) is 1.58. The summed E-state index contributed by atoms with van der Waals surface area (Å²) in [5.74, 6) is -0.687. The van der Waals surface area contributed by atoms with Crippen LogP contribution in [0.3, 0.4) is 0 Å². The molecule has 1 saturated carbocycles. The maximum absolute atomic E-state index is 12.9. The fraction of sp³-hybridized carbons (Fsp3) is 0.278. The van der Waals surface area contributed by atoms with Crippen LogP contribution in [0, 0.1) is 12.8 Å². The standard InChI is InChI=1S/C18H18N2O3/c1-12-15(18(22)23)9-10-16(19-12)17(21)20(11-13-7-8-13)14-5-3-2-4-6-14/h2-6,9-10,13H,7-8,11H2,1H3,(H,22,23). The Labute approximate surface area is 134 Å². The van der Waals surface area contributed by atoms with Crippen LogP contribution >= 0.6 is 0 Å². The number of carboxylic acid groups (broad SMARTS) is 1. The highest BCUT2D eigenvalue weighted by atomic mass is 16.4. The lowest BCUT2D eigenvalue weighted by molar-refractivity contribution is 0.0695. The van der Waals surface area contributed by atoms with Gasteiger partial charge in [-0.25, -0.2) is 9.78 Å². The summed E-state index contributed by atoms with van der Waals surface area (Å²) in [6, 6.07) is 12.4. The Balaban J connectivity index is 1.91. The third kappa shape index (κ3) is 3.39. The number of para-hydroxylation sites is 1. The second kappa shape index (κ2) is 6.20. The zero-order chi connectivity index (χ0) is 16.4. The van der Waals surface area contributed by atoms with Crippen molar-refractivity contribution in [1.29, 1.82) is 0 Å². The van der Waals surface area contributed by atoms with Gasteiger partial charge in [0.25, 0.3) is 5.91 Å². The second-order valence-corrected chi connectivity index (χ2v) is 5.83. The first-order valence-electron chi connectivity index (χ1n) is 7.64. The zero-order valence-electron chi connectivity index (χ0n) is 12.9. The highest BCUT2D eigenvalue weighted by Crippen LogP contribution is 2.32. The van der Waals surface area contributed by atoms with E-state index < -0.39 is 5.97 Å². The molecular formula is C18H18N2O3. The van der Waals surface area contributed by atoms with Gasteiger partial charge in [0.05, 0.1) is 11.3 Å². The van der Waals surface area contributed by atoms with Crippen LogP contribution in [-0.4, -0.2) is 28.5 Å². The van der Waals surface area contributed by atoms with E-state index in [1.807, 2.05) is 30.3 Å². The molecule has 0 atom stereocenters. The van der Waals surface area contributed by atoms with E-state index in [1.54, 1.807) is 11.8 Å². The van der Waals surface area contributed by atoms with Crippen molar-refractivity contribution in [1.82, 2.24) is 4.98 Å². The highest BCUT2D eigenvalue weighted by molar-refractivity contribution is 6.05. The lowest BCUT2D eigenvalue weighted by Crippen LogP contribution is -2.33. The van der Waals surface area contributed by atoms with Gasteiger partial charge in [0.15, 0.2) is 0 Å². The summed E-state index contributed by atoms with van der Waals surface area (Å²) in [6.07, 6.45) is 2.28. The third-order valence-corrected chi connectivity index (χ3v) is 3.99. The summed E-state index contributed by atoms with van der Waals surface area (Å²) < 4.78 is 0. The predicted octanol–water partition coefficient (Wildman–Crippen LogP) is 3.15. The minimum absolute atomic E-state index is 0.120. The molecule has 3 rings (SSSR count). The molecule has 0 unspecified atom stereocenters. The minimum atomic E-state index is -1.04. The quantitative estimate of drug-likeness (QED) is 0.921. The zero-order valence-corrected chi connectivity index (χ0v) is 12.9. The van der Waals surface area contributed by atoms with Crippen LogP contribution in [0.1, 0.15) is 39.4 Å². The van der Waals surface area contributed by atoms with E-state index in [-0.39, 0.29) is 17.2 Å². The lowest BCUT2D eigenvalue weighted by atomic mass is 10.1. The van der Waals surface area contributed by atoms with Crippen molar-refractivity contribution in [2.75, 3.05) is 11.4 Å². The molecule has 1 aliphatic carbocycles.